The van der Waals surface area contributed by atoms with Gasteiger partial charge in [-0.25, -0.2) is 4.79 Å². The fourth-order valence-electron chi connectivity index (χ4n) is 1.81. The third kappa shape index (κ3) is 3.77. The highest BCUT2D eigenvalue weighted by Crippen LogP contribution is 2.23. The lowest BCUT2D eigenvalue weighted by molar-refractivity contribution is 0.0600. The molecule has 5 nitrogen and oxygen atoms in total. The van der Waals surface area contributed by atoms with E-state index in [1.165, 1.54) is 25.3 Å². The van der Waals surface area contributed by atoms with Crippen molar-refractivity contribution in [2.45, 2.75) is 6.54 Å². The topological polar surface area (TPSA) is 75.6 Å². The standard InChI is InChI=1S/C16H14ClNO4/c1-22-16(21)11-4-2-10(3-5-11)9-18-15(20)12-6-7-14(19)13(17)8-12/h2-8,19H,9H2,1H3,(H,18,20). The number of nitrogens with one attached hydrogen (secondary N) is 1. The molecular formula is C16H14ClNO4. The molecular weight excluding hydrogens is 306 g/mol. The minimum Gasteiger partial charge on any atom is -0.506 e. The number of halogens is 1. The highest BCUT2D eigenvalue weighted by molar-refractivity contribution is 6.32. The monoisotopic (exact) mass is 319 g/mol. The fourth-order valence-corrected chi connectivity index (χ4v) is 1.99. The molecule has 0 aliphatic rings. The lowest BCUT2D eigenvalue weighted by Gasteiger charge is -2.07. The van der Waals surface area contributed by atoms with E-state index in [4.69, 9.17) is 11.6 Å². The van der Waals surface area contributed by atoms with Crippen LogP contribution in [0.4, 0.5) is 0 Å². The minimum absolute atomic E-state index is 0.0726. The molecule has 0 atom stereocenters. The average Bonchev–Trinajstić information content (AvgIpc) is 2.54. The van der Waals surface area contributed by atoms with Crippen LogP contribution >= 0.6 is 11.6 Å². The summed E-state index contributed by atoms with van der Waals surface area (Å²) in [4.78, 5) is 23.3. The van der Waals surface area contributed by atoms with Crippen LogP contribution in [0.1, 0.15) is 26.3 Å². The van der Waals surface area contributed by atoms with Crippen LogP contribution in [-0.4, -0.2) is 24.1 Å². The largest absolute Gasteiger partial charge is 0.506 e. The van der Waals surface area contributed by atoms with Crippen LogP contribution in [0.25, 0.3) is 0 Å². The first-order chi connectivity index (χ1) is 10.5. The zero-order valence-corrected chi connectivity index (χ0v) is 12.6. The van der Waals surface area contributed by atoms with Gasteiger partial charge in [0.1, 0.15) is 5.75 Å². The summed E-state index contributed by atoms with van der Waals surface area (Å²) in [5.41, 5.74) is 1.64. The van der Waals surface area contributed by atoms with Gasteiger partial charge in [0.25, 0.3) is 5.91 Å². The smallest absolute Gasteiger partial charge is 0.337 e. The predicted molar refractivity (Wildman–Crippen MR) is 82.1 cm³/mol. The Morgan fingerprint density at radius 2 is 1.77 bits per heavy atom. The van der Waals surface area contributed by atoms with Crippen LogP contribution in [0.5, 0.6) is 5.75 Å². The number of amides is 1. The summed E-state index contributed by atoms with van der Waals surface area (Å²) in [6, 6.07) is 11.0. The SMILES string of the molecule is COC(=O)c1ccc(CNC(=O)c2ccc(O)c(Cl)c2)cc1. The second-order valence-electron chi connectivity index (χ2n) is 4.54. The molecule has 0 aromatic heterocycles. The van der Waals surface area contributed by atoms with Gasteiger partial charge in [0.15, 0.2) is 0 Å². The molecule has 2 aromatic rings. The van der Waals surface area contributed by atoms with E-state index in [9.17, 15) is 14.7 Å². The number of benzene rings is 2. The molecule has 0 unspecified atom stereocenters. The second-order valence-corrected chi connectivity index (χ2v) is 4.94. The van der Waals surface area contributed by atoms with Crippen LogP contribution in [-0.2, 0) is 11.3 Å². The van der Waals surface area contributed by atoms with Crippen molar-refractivity contribution in [2.24, 2.45) is 0 Å². The van der Waals surface area contributed by atoms with Crippen molar-refractivity contribution in [3.05, 3.63) is 64.2 Å². The van der Waals surface area contributed by atoms with E-state index < -0.39 is 5.97 Å². The van der Waals surface area contributed by atoms with E-state index in [0.29, 0.717) is 17.7 Å². The Morgan fingerprint density at radius 3 is 2.36 bits per heavy atom. The van der Waals surface area contributed by atoms with E-state index in [2.05, 4.69) is 10.1 Å². The molecule has 0 spiro atoms. The Kier molecular flexibility index (Phi) is 5.01. The molecule has 0 fully saturated rings. The molecule has 2 rings (SSSR count). The Hall–Kier alpha value is -2.53. The zero-order valence-electron chi connectivity index (χ0n) is 11.8. The summed E-state index contributed by atoms with van der Waals surface area (Å²) >= 11 is 5.76. The van der Waals surface area contributed by atoms with Crippen LogP contribution < -0.4 is 5.32 Å². The number of hydrogen-bond acceptors (Lipinski definition) is 4. The highest BCUT2D eigenvalue weighted by atomic mass is 35.5. The number of aromatic hydroxyl groups is 1. The van der Waals surface area contributed by atoms with Gasteiger partial charge < -0.3 is 15.2 Å². The van der Waals surface area contributed by atoms with Crippen molar-refractivity contribution < 1.29 is 19.4 Å². The number of carbonyl (C=O) groups is 2. The normalized spacial score (nSPS) is 10.1. The van der Waals surface area contributed by atoms with Crippen molar-refractivity contribution in [1.82, 2.24) is 5.32 Å². The van der Waals surface area contributed by atoms with Crippen LogP contribution in [0.15, 0.2) is 42.5 Å². The van der Waals surface area contributed by atoms with Gasteiger partial charge in [-0.05, 0) is 35.9 Å². The van der Waals surface area contributed by atoms with Gasteiger partial charge in [0, 0.05) is 12.1 Å². The van der Waals surface area contributed by atoms with Gasteiger partial charge in [-0.2, -0.15) is 0 Å². The first kappa shape index (κ1) is 15.9. The van der Waals surface area contributed by atoms with Crippen LogP contribution in [0, 0.1) is 0 Å². The maximum Gasteiger partial charge on any atom is 0.337 e. The maximum atomic E-state index is 12.0. The summed E-state index contributed by atoms with van der Waals surface area (Å²) in [7, 11) is 1.32. The number of phenolic OH excluding ortho intramolecular Hbond substituents is 1. The zero-order chi connectivity index (χ0) is 16.1. The van der Waals surface area contributed by atoms with Gasteiger partial charge in [-0.1, -0.05) is 23.7 Å². The van der Waals surface area contributed by atoms with Gasteiger partial charge >= 0.3 is 5.97 Å². The quantitative estimate of drug-likeness (QED) is 0.850. The van der Waals surface area contributed by atoms with E-state index in [1.54, 1.807) is 24.3 Å². The van der Waals surface area contributed by atoms with Crippen molar-refractivity contribution in [3.63, 3.8) is 0 Å². The van der Waals surface area contributed by atoms with Gasteiger partial charge in [-0.3, -0.25) is 4.79 Å². The third-order valence-electron chi connectivity index (χ3n) is 3.04. The fraction of sp³-hybridized carbons (Fsp3) is 0.125. The molecule has 2 aromatic carbocycles. The summed E-state index contributed by atoms with van der Waals surface area (Å²) in [6.07, 6.45) is 0. The molecule has 2 N–H and O–H groups in total. The molecule has 6 heteroatoms. The molecule has 0 bridgehead atoms. The Balaban J connectivity index is 1.98. The molecule has 0 aliphatic carbocycles. The Bertz CT molecular complexity index is 698. The minimum atomic E-state index is -0.408. The molecule has 22 heavy (non-hydrogen) atoms. The third-order valence-corrected chi connectivity index (χ3v) is 3.34. The van der Waals surface area contributed by atoms with E-state index in [1.807, 2.05) is 0 Å². The van der Waals surface area contributed by atoms with Crippen LogP contribution in [0.3, 0.4) is 0 Å². The Labute approximate surface area is 132 Å². The number of carbonyl (C=O) groups excluding carboxylic acids is 2. The maximum absolute atomic E-state index is 12.0. The molecule has 0 heterocycles. The van der Waals surface area contributed by atoms with Gasteiger partial charge in [0.2, 0.25) is 0 Å². The van der Waals surface area contributed by atoms with Crippen molar-refractivity contribution in [1.29, 1.82) is 0 Å². The number of methoxy groups -OCH3 is 1. The van der Waals surface area contributed by atoms with Crippen molar-refractivity contribution in [3.8, 4) is 5.75 Å². The Morgan fingerprint density at radius 1 is 1.14 bits per heavy atom. The molecule has 0 aliphatic heterocycles. The molecule has 0 radical (unpaired) electrons. The summed E-state index contributed by atoms with van der Waals surface area (Å²) in [5, 5.41) is 12.2. The molecule has 114 valence electrons. The predicted octanol–water partition coefficient (Wildman–Crippen LogP) is 2.76. The lowest BCUT2D eigenvalue weighted by atomic mass is 10.1. The lowest BCUT2D eigenvalue weighted by Crippen LogP contribution is -2.22. The molecule has 1 amide bonds. The first-order valence-corrected chi connectivity index (χ1v) is 6.83. The average molecular weight is 320 g/mol. The summed E-state index contributed by atoms with van der Waals surface area (Å²) in [5.74, 6) is -0.787. The number of phenols is 1. The van der Waals surface area contributed by atoms with E-state index >= 15 is 0 Å². The van der Waals surface area contributed by atoms with Crippen molar-refractivity contribution >= 4 is 23.5 Å². The van der Waals surface area contributed by atoms with E-state index in [0.717, 1.165) is 5.56 Å². The van der Waals surface area contributed by atoms with Crippen LogP contribution in [0.2, 0.25) is 5.02 Å². The number of rotatable bonds is 4. The summed E-state index contributed by atoms with van der Waals surface area (Å²) in [6.45, 7) is 0.304. The highest BCUT2D eigenvalue weighted by Gasteiger charge is 2.09. The first-order valence-electron chi connectivity index (χ1n) is 6.45. The number of hydrogen-bond donors (Lipinski definition) is 2. The van der Waals surface area contributed by atoms with Gasteiger partial charge in [-0.15, -0.1) is 0 Å². The molecule has 0 saturated carbocycles. The number of ether oxygens (including phenoxy) is 1. The van der Waals surface area contributed by atoms with Crippen molar-refractivity contribution in [2.75, 3.05) is 7.11 Å². The summed E-state index contributed by atoms with van der Waals surface area (Å²) < 4.78 is 4.61. The second kappa shape index (κ2) is 6.95. The van der Waals surface area contributed by atoms with E-state index in [-0.39, 0.29) is 16.7 Å². The molecule has 0 saturated heterocycles. The number of esters is 1. The van der Waals surface area contributed by atoms with Gasteiger partial charge in [0.05, 0.1) is 17.7 Å².